The monoisotopic (exact) mass is 343 g/mol. The molecule has 2 N–H and O–H groups in total. The summed E-state index contributed by atoms with van der Waals surface area (Å²) in [6.07, 6.45) is 0. The molecule has 0 aromatic heterocycles. The highest BCUT2D eigenvalue weighted by molar-refractivity contribution is 6.38. The molecule has 7 heteroatoms. The number of piperazine rings is 1. The zero-order valence-corrected chi connectivity index (χ0v) is 14.3. The fourth-order valence-corrected chi connectivity index (χ4v) is 2.94. The van der Waals surface area contributed by atoms with Crippen LogP contribution in [0, 0.1) is 12.8 Å². The fraction of sp³-hybridized carbons (Fsp3) is 0.467. The molecule has 5 nitrogen and oxygen atoms in total. The maximum absolute atomic E-state index is 12.5. The molecule has 0 bridgehead atoms. The van der Waals surface area contributed by atoms with E-state index in [2.05, 4.69) is 10.6 Å². The first kappa shape index (κ1) is 16.9. The van der Waals surface area contributed by atoms with Gasteiger partial charge in [-0.15, -0.1) is 0 Å². The third kappa shape index (κ3) is 3.31. The third-order valence-corrected chi connectivity index (χ3v) is 4.61. The van der Waals surface area contributed by atoms with E-state index in [0.29, 0.717) is 34.4 Å². The van der Waals surface area contributed by atoms with E-state index in [0.717, 1.165) is 0 Å². The number of urea groups is 1. The summed E-state index contributed by atoms with van der Waals surface area (Å²) < 4.78 is 0. The number of carbonyl (C=O) groups excluding carboxylic acids is 2. The summed E-state index contributed by atoms with van der Waals surface area (Å²) in [6, 6.07) is 2.52. The van der Waals surface area contributed by atoms with E-state index in [-0.39, 0.29) is 17.9 Å². The van der Waals surface area contributed by atoms with Gasteiger partial charge in [-0.3, -0.25) is 4.79 Å². The minimum atomic E-state index is -0.485. The van der Waals surface area contributed by atoms with Crippen LogP contribution in [-0.4, -0.2) is 36.0 Å². The molecular weight excluding hydrogens is 325 g/mol. The van der Waals surface area contributed by atoms with Gasteiger partial charge in [0.05, 0.1) is 10.7 Å². The number of nitrogens with one attached hydrogen (secondary N) is 2. The highest BCUT2D eigenvalue weighted by Crippen LogP contribution is 2.31. The summed E-state index contributed by atoms with van der Waals surface area (Å²) in [6.45, 7) is 6.52. The van der Waals surface area contributed by atoms with Crippen molar-refractivity contribution in [2.24, 2.45) is 5.92 Å². The number of benzene rings is 1. The molecule has 0 saturated carbocycles. The SMILES string of the molecule is Cc1c(Cl)ccc(NC(=O)N2CCNC(=O)C2C(C)C)c1Cl. The number of anilines is 1. The van der Waals surface area contributed by atoms with Gasteiger partial charge in [0, 0.05) is 18.1 Å². The number of hydrogen-bond acceptors (Lipinski definition) is 2. The van der Waals surface area contributed by atoms with E-state index in [1.807, 2.05) is 13.8 Å². The van der Waals surface area contributed by atoms with Crippen molar-refractivity contribution in [3.8, 4) is 0 Å². The van der Waals surface area contributed by atoms with Gasteiger partial charge < -0.3 is 15.5 Å². The van der Waals surface area contributed by atoms with Crippen LogP contribution >= 0.6 is 23.2 Å². The standard InChI is InChI=1S/C15H19Cl2N3O2/c1-8(2)13-14(21)18-6-7-20(13)15(22)19-11-5-4-10(16)9(3)12(11)17/h4-5,8,13H,6-7H2,1-3H3,(H,18,21)(H,19,22). The van der Waals surface area contributed by atoms with E-state index in [1.54, 1.807) is 24.0 Å². The molecule has 1 aromatic rings. The molecule has 1 heterocycles. The fourth-order valence-electron chi connectivity index (χ4n) is 2.52. The first-order chi connectivity index (χ1) is 10.3. The van der Waals surface area contributed by atoms with Crippen molar-refractivity contribution in [3.63, 3.8) is 0 Å². The van der Waals surface area contributed by atoms with Gasteiger partial charge in [-0.2, -0.15) is 0 Å². The Labute approximate surface area is 139 Å². The van der Waals surface area contributed by atoms with Crippen molar-refractivity contribution in [1.82, 2.24) is 10.2 Å². The summed E-state index contributed by atoms with van der Waals surface area (Å²) >= 11 is 12.2. The second-order valence-electron chi connectivity index (χ2n) is 5.64. The molecule has 3 amide bonds. The maximum atomic E-state index is 12.5. The number of hydrogen-bond donors (Lipinski definition) is 2. The van der Waals surface area contributed by atoms with Gasteiger partial charge in [0.15, 0.2) is 0 Å². The highest BCUT2D eigenvalue weighted by Gasteiger charge is 2.35. The maximum Gasteiger partial charge on any atom is 0.322 e. The van der Waals surface area contributed by atoms with E-state index in [9.17, 15) is 9.59 Å². The topological polar surface area (TPSA) is 61.4 Å². The number of amides is 3. The summed E-state index contributed by atoms with van der Waals surface area (Å²) in [5, 5.41) is 6.50. The molecule has 1 saturated heterocycles. The molecule has 1 aliphatic rings. The van der Waals surface area contributed by atoms with Gasteiger partial charge in [0.1, 0.15) is 6.04 Å². The van der Waals surface area contributed by atoms with Crippen LogP contribution in [0.5, 0.6) is 0 Å². The first-order valence-corrected chi connectivity index (χ1v) is 7.88. The van der Waals surface area contributed by atoms with Crippen molar-refractivity contribution in [3.05, 3.63) is 27.7 Å². The van der Waals surface area contributed by atoms with E-state index in [4.69, 9.17) is 23.2 Å². The van der Waals surface area contributed by atoms with Gasteiger partial charge in [0.25, 0.3) is 0 Å². The lowest BCUT2D eigenvalue weighted by atomic mass is 10.00. The Morgan fingerprint density at radius 2 is 2.09 bits per heavy atom. The molecular formula is C15H19Cl2N3O2. The van der Waals surface area contributed by atoms with E-state index < -0.39 is 6.04 Å². The van der Waals surface area contributed by atoms with Crippen molar-refractivity contribution in [2.75, 3.05) is 18.4 Å². The lowest BCUT2D eigenvalue weighted by Crippen LogP contribution is -2.60. The van der Waals surface area contributed by atoms with Crippen LogP contribution in [0.1, 0.15) is 19.4 Å². The lowest BCUT2D eigenvalue weighted by molar-refractivity contribution is -0.129. The van der Waals surface area contributed by atoms with Crippen molar-refractivity contribution >= 4 is 40.8 Å². The van der Waals surface area contributed by atoms with E-state index in [1.165, 1.54) is 0 Å². The Hall–Kier alpha value is -1.46. The van der Waals surface area contributed by atoms with Gasteiger partial charge in [-0.1, -0.05) is 37.0 Å². The molecule has 1 aliphatic heterocycles. The average molecular weight is 344 g/mol. The second kappa shape index (κ2) is 6.75. The minimum absolute atomic E-state index is 0.0217. The molecule has 0 aliphatic carbocycles. The van der Waals surface area contributed by atoms with Crippen LogP contribution < -0.4 is 10.6 Å². The van der Waals surface area contributed by atoms with Crippen LogP contribution in [0.25, 0.3) is 0 Å². The first-order valence-electron chi connectivity index (χ1n) is 7.13. The molecule has 22 heavy (non-hydrogen) atoms. The number of rotatable bonds is 2. The van der Waals surface area contributed by atoms with Crippen molar-refractivity contribution in [1.29, 1.82) is 0 Å². The largest absolute Gasteiger partial charge is 0.353 e. The van der Waals surface area contributed by atoms with Crippen LogP contribution in [0.2, 0.25) is 10.0 Å². The van der Waals surface area contributed by atoms with Gasteiger partial charge in [-0.25, -0.2) is 4.79 Å². The normalized spacial score (nSPS) is 18.4. The predicted octanol–water partition coefficient (Wildman–Crippen LogP) is 3.29. The summed E-state index contributed by atoms with van der Waals surface area (Å²) in [4.78, 5) is 26.1. The van der Waals surface area contributed by atoms with Crippen LogP contribution in [-0.2, 0) is 4.79 Å². The zero-order chi connectivity index (χ0) is 16.4. The van der Waals surface area contributed by atoms with Gasteiger partial charge >= 0.3 is 6.03 Å². The molecule has 1 unspecified atom stereocenters. The smallest absolute Gasteiger partial charge is 0.322 e. The molecule has 1 atom stereocenters. The van der Waals surface area contributed by atoms with Crippen molar-refractivity contribution in [2.45, 2.75) is 26.8 Å². The Morgan fingerprint density at radius 3 is 2.73 bits per heavy atom. The zero-order valence-electron chi connectivity index (χ0n) is 12.7. The number of carbonyl (C=O) groups is 2. The van der Waals surface area contributed by atoms with Gasteiger partial charge in [0.2, 0.25) is 5.91 Å². The Morgan fingerprint density at radius 1 is 1.41 bits per heavy atom. The molecule has 2 rings (SSSR count). The summed E-state index contributed by atoms with van der Waals surface area (Å²) in [7, 11) is 0. The molecule has 120 valence electrons. The van der Waals surface area contributed by atoms with Gasteiger partial charge in [-0.05, 0) is 30.5 Å². The Kier molecular flexibility index (Phi) is 5.19. The molecule has 1 fully saturated rings. The number of halogens is 2. The Bertz CT molecular complexity index is 605. The van der Waals surface area contributed by atoms with Crippen molar-refractivity contribution < 1.29 is 9.59 Å². The molecule has 0 radical (unpaired) electrons. The quantitative estimate of drug-likeness (QED) is 0.865. The molecule has 1 aromatic carbocycles. The van der Waals surface area contributed by atoms with Crippen LogP contribution in [0.15, 0.2) is 12.1 Å². The lowest BCUT2D eigenvalue weighted by Gasteiger charge is -2.37. The Balaban J connectivity index is 2.21. The molecule has 0 spiro atoms. The minimum Gasteiger partial charge on any atom is -0.353 e. The average Bonchev–Trinajstić information content (AvgIpc) is 2.47. The highest BCUT2D eigenvalue weighted by atomic mass is 35.5. The van der Waals surface area contributed by atoms with Crippen LogP contribution in [0.3, 0.4) is 0 Å². The third-order valence-electron chi connectivity index (χ3n) is 3.71. The van der Waals surface area contributed by atoms with E-state index >= 15 is 0 Å². The second-order valence-corrected chi connectivity index (χ2v) is 6.42. The summed E-state index contributed by atoms with van der Waals surface area (Å²) in [5.41, 5.74) is 1.19. The van der Waals surface area contributed by atoms with Crippen LogP contribution in [0.4, 0.5) is 10.5 Å². The number of nitrogens with zero attached hydrogens (tertiary/aromatic N) is 1. The predicted molar refractivity (Wildman–Crippen MR) is 88.6 cm³/mol. The summed E-state index contributed by atoms with van der Waals surface area (Å²) in [5.74, 6) is -0.108.